The largest absolute Gasteiger partial charge is 0.385 e. The second-order valence-corrected chi connectivity index (χ2v) is 3.33. The first-order valence-electron chi connectivity index (χ1n) is 6.06. The lowest BCUT2D eigenvalue weighted by Crippen LogP contribution is -2.11. The number of hydrogen-bond acceptors (Lipinski definition) is 2. The number of methoxy groups -OCH3 is 1. The van der Waals surface area contributed by atoms with Crippen molar-refractivity contribution in [3.05, 3.63) is 12.2 Å². The van der Waals surface area contributed by atoms with Crippen molar-refractivity contribution < 1.29 is 13.5 Å². The van der Waals surface area contributed by atoms with Crippen LogP contribution in [0, 0.1) is 0 Å². The molecule has 0 bridgehead atoms. The standard InChI is InChI=1S/C6H11N.C3H8O.C2H4F2.C2H6/c1-6-3-4-7(2)5-6;1-3-4-2;1-2(3)4;1-2/h1,3-5H2,2H3;3H2,1-2H3;2H,1H3;1-2H3. The van der Waals surface area contributed by atoms with Gasteiger partial charge in [-0.3, -0.25) is 0 Å². The van der Waals surface area contributed by atoms with Crippen LogP contribution in [-0.4, -0.2) is 45.2 Å². The summed E-state index contributed by atoms with van der Waals surface area (Å²) < 4.78 is 25.2. The van der Waals surface area contributed by atoms with Crippen molar-refractivity contribution in [1.29, 1.82) is 0 Å². The zero-order valence-corrected chi connectivity index (χ0v) is 12.2. The molecule has 0 saturated carbocycles. The number of hydrogen-bond donors (Lipinski definition) is 0. The molecule has 0 aromatic carbocycles. The zero-order valence-electron chi connectivity index (χ0n) is 12.2. The van der Waals surface area contributed by atoms with E-state index in [9.17, 15) is 8.78 Å². The van der Waals surface area contributed by atoms with E-state index in [1.54, 1.807) is 7.11 Å². The third-order valence-corrected chi connectivity index (χ3v) is 1.63. The van der Waals surface area contributed by atoms with Crippen LogP contribution in [-0.2, 0) is 4.74 Å². The minimum atomic E-state index is -2.17. The molecule has 0 aromatic rings. The van der Waals surface area contributed by atoms with Gasteiger partial charge < -0.3 is 9.64 Å². The number of likely N-dealkylation sites (tertiary alicyclic amines) is 1. The van der Waals surface area contributed by atoms with Gasteiger partial charge in [-0.15, -0.1) is 0 Å². The predicted molar refractivity (Wildman–Crippen MR) is 71.8 cm³/mol. The number of rotatable bonds is 1. The van der Waals surface area contributed by atoms with Crippen LogP contribution in [0.4, 0.5) is 8.78 Å². The summed E-state index contributed by atoms with van der Waals surface area (Å²) in [5, 5.41) is 0. The SMILES string of the molecule is C=C1CCN(C)C1.CC.CC(F)F.CCOC. The molecular formula is C13H29F2NO. The molecule has 1 heterocycles. The Bertz CT molecular complexity index is 148. The summed E-state index contributed by atoms with van der Waals surface area (Å²) in [5.41, 5.74) is 1.38. The lowest BCUT2D eigenvalue weighted by atomic mass is 10.3. The monoisotopic (exact) mass is 253 g/mol. The van der Waals surface area contributed by atoms with Gasteiger partial charge >= 0.3 is 0 Å². The highest BCUT2D eigenvalue weighted by molar-refractivity contribution is 5.02. The van der Waals surface area contributed by atoms with Crippen molar-refractivity contribution >= 4 is 0 Å². The fourth-order valence-corrected chi connectivity index (χ4v) is 0.889. The number of nitrogens with zero attached hydrogens (tertiary/aromatic N) is 1. The smallest absolute Gasteiger partial charge is 0.235 e. The van der Waals surface area contributed by atoms with E-state index in [0.717, 1.165) is 20.1 Å². The second kappa shape index (κ2) is 17.9. The van der Waals surface area contributed by atoms with Crippen LogP contribution >= 0.6 is 0 Å². The zero-order chi connectivity index (χ0) is 14.3. The molecule has 1 saturated heterocycles. The molecule has 1 aliphatic rings. The van der Waals surface area contributed by atoms with E-state index in [2.05, 4.69) is 23.3 Å². The quantitative estimate of drug-likeness (QED) is 0.659. The summed E-state index contributed by atoms with van der Waals surface area (Å²) in [7, 11) is 3.80. The van der Waals surface area contributed by atoms with Crippen LogP contribution in [0.15, 0.2) is 12.2 Å². The van der Waals surface area contributed by atoms with Gasteiger partial charge in [0.05, 0.1) is 0 Å². The Kier molecular flexibility index (Phi) is 22.9. The van der Waals surface area contributed by atoms with E-state index in [0.29, 0.717) is 0 Å². The molecule has 0 aliphatic carbocycles. The lowest BCUT2D eigenvalue weighted by Gasteiger charge is -2.01. The third kappa shape index (κ3) is 31.3. The molecule has 17 heavy (non-hydrogen) atoms. The highest BCUT2D eigenvalue weighted by atomic mass is 19.3. The first kappa shape index (κ1) is 21.8. The van der Waals surface area contributed by atoms with Gasteiger partial charge in [-0.05, 0) is 27.3 Å². The molecule has 0 atom stereocenters. The summed E-state index contributed by atoms with van der Waals surface area (Å²) in [6.07, 6.45) is -0.962. The molecular weight excluding hydrogens is 224 g/mol. The maximum absolute atomic E-state index is 10.3. The van der Waals surface area contributed by atoms with Crippen molar-refractivity contribution in [3.8, 4) is 0 Å². The van der Waals surface area contributed by atoms with E-state index in [1.807, 2.05) is 20.8 Å². The molecule has 0 amide bonds. The summed E-state index contributed by atoms with van der Waals surface area (Å²) in [6.45, 7) is 13.8. The average Bonchev–Trinajstić information content (AvgIpc) is 2.65. The Labute approximate surface area is 106 Å². The van der Waals surface area contributed by atoms with Crippen molar-refractivity contribution in [1.82, 2.24) is 4.90 Å². The summed E-state index contributed by atoms with van der Waals surface area (Å²) in [6, 6.07) is 0. The maximum atomic E-state index is 10.3. The van der Waals surface area contributed by atoms with Crippen LogP contribution in [0.2, 0.25) is 0 Å². The van der Waals surface area contributed by atoms with Gasteiger partial charge in [-0.1, -0.05) is 26.0 Å². The number of ether oxygens (including phenoxy) is 1. The van der Waals surface area contributed by atoms with Crippen LogP contribution in [0.3, 0.4) is 0 Å². The van der Waals surface area contributed by atoms with Gasteiger partial charge in [0.25, 0.3) is 0 Å². The molecule has 1 fully saturated rings. The fraction of sp³-hybridized carbons (Fsp3) is 0.846. The predicted octanol–water partition coefficient (Wildman–Crippen LogP) is 3.83. The molecule has 0 unspecified atom stereocenters. The number of alkyl halides is 2. The van der Waals surface area contributed by atoms with Gasteiger partial charge in [0, 0.05) is 26.8 Å². The van der Waals surface area contributed by atoms with Crippen LogP contribution in [0.5, 0.6) is 0 Å². The van der Waals surface area contributed by atoms with E-state index < -0.39 is 6.43 Å². The Morgan fingerprint density at radius 3 is 1.82 bits per heavy atom. The Balaban J connectivity index is -0.000000172. The second-order valence-electron chi connectivity index (χ2n) is 3.33. The third-order valence-electron chi connectivity index (χ3n) is 1.63. The van der Waals surface area contributed by atoms with Gasteiger partial charge in [0.15, 0.2) is 0 Å². The van der Waals surface area contributed by atoms with Crippen LogP contribution < -0.4 is 0 Å². The molecule has 0 N–H and O–H groups in total. The van der Waals surface area contributed by atoms with Crippen molar-refractivity contribution in [2.45, 2.75) is 40.5 Å². The first-order valence-corrected chi connectivity index (χ1v) is 6.06. The van der Waals surface area contributed by atoms with E-state index in [1.165, 1.54) is 18.5 Å². The topological polar surface area (TPSA) is 12.5 Å². The molecule has 0 spiro atoms. The summed E-state index contributed by atoms with van der Waals surface area (Å²) in [5.74, 6) is 0. The van der Waals surface area contributed by atoms with Gasteiger partial charge in [0.1, 0.15) is 0 Å². The lowest BCUT2D eigenvalue weighted by molar-refractivity contribution is 0.171. The van der Waals surface area contributed by atoms with E-state index in [-0.39, 0.29) is 0 Å². The van der Waals surface area contributed by atoms with Gasteiger partial charge in [-0.2, -0.15) is 0 Å². The number of likely N-dealkylation sites (N-methyl/N-ethyl adjacent to an activating group) is 1. The van der Waals surface area contributed by atoms with E-state index >= 15 is 0 Å². The van der Waals surface area contributed by atoms with Crippen molar-refractivity contribution in [3.63, 3.8) is 0 Å². The molecule has 4 heteroatoms. The summed E-state index contributed by atoms with van der Waals surface area (Å²) >= 11 is 0. The van der Waals surface area contributed by atoms with Crippen LogP contribution in [0.1, 0.15) is 34.1 Å². The maximum Gasteiger partial charge on any atom is 0.235 e. The van der Waals surface area contributed by atoms with Gasteiger partial charge in [-0.25, -0.2) is 8.78 Å². The normalized spacial score (nSPS) is 14.1. The van der Waals surface area contributed by atoms with Crippen molar-refractivity contribution in [2.24, 2.45) is 0 Å². The van der Waals surface area contributed by atoms with Crippen LogP contribution in [0.25, 0.3) is 0 Å². The van der Waals surface area contributed by atoms with Crippen molar-refractivity contribution in [2.75, 3.05) is 33.9 Å². The Hall–Kier alpha value is -0.480. The molecule has 0 radical (unpaired) electrons. The Morgan fingerprint density at radius 1 is 1.41 bits per heavy atom. The minimum absolute atomic E-state index is 0.819. The molecule has 106 valence electrons. The van der Waals surface area contributed by atoms with E-state index in [4.69, 9.17) is 0 Å². The molecule has 0 aromatic heterocycles. The number of halogens is 2. The minimum Gasteiger partial charge on any atom is -0.385 e. The highest BCUT2D eigenvalue weighted by Crippen LogP contribution is 2.08. The first-order chi connectivity index (χ1) is 7.93. The molecule has 1 rings (SSSR count). The Morgan fingerprint density at radius 2 is 1.76 bits per heavy atom. The molecule has 2 nitrogen and oxygen atoms in total. The fourth-order valence-electron chi connectivity index (χ4n) is 0.889. The highest BCUT2D eigenvalue weighted by Gasteiger charge is 2.08. The summed E-state index contributed by atoms with van der Waals surface area (Å²) in [4.78, 5) is 2.28. The molecule has 1 aliphatic heterocycles. The van der Waals surface area contributed by atoms with Gasteiger partial charge in [0.2, 0.25) is 6.43 Å². The average molecular weight is 253 g/mol.